The van der Waals surface area contributed by atoms with Gasteiger partial charge >= 0.3 is 12.1 Å². The van der Waals surface area contributed by atoms with Gasteiger partial charge in [-0.25, -0.2) is 9.59 Å². The number of benzene rings is 2. The van der Waals surface area contributed by atoms with Crippen LogP contribution in [-0.2, 0) is 38.4 Å². The highest BCUT2D eigenvalue weighted by Gasteiger charge is 2.36. The van der Waals surface area contributed by atoms with Crippen LogP contribution >= 0.6 is 0 Å². The molecule has 3 aromatic rings. The average Bonchev–Trinajstić information content (AvgIpc) is 3.09. The molecule has 0 aliphatic carbocycles. The van der Waals surface area contributed by atoms with Gasteiger partial charge in [0.15, 0.2) is 6.10 Å². The van der Waals surface area contributed by atoms with Crippen molar-refractivity contribution in [2.45, 2.75) is 104 Å². The van der Waals surface area contributed by atoms with Gasteiger partial charge < -0.3 is 29.0 Å². The van der Waals surface area contributed by atoms with E-state index in [0.717, 1.165) is 95.7 Å². The van der Waals surface area contributed by atoms with E-state index in [1.54, 1.807) is 0 Å². The summed E-state index contributed by atoms with van der Waals surface area (Å²) in [6.07, 6.45) is 7.50. The molecule has 0 saturated carbocycles. The second kappa shape index (κ2) is 15.6. The molecule has 1 N–H and O–H groups in total. The number of hydrogen-bond acceptors (Lipinski definition) is 7. The Kier molecular flexibility index (Phi) is 11.2. The Hall–Kier alpha value is -4.21. The van der Waals surface area contributed by atoms with Crippen molar-refractivity contribution in [2.75, 3.05) is 26.4 Å². The van der Waals surface area contributed by atoms with Crippen LogP contribution in [-0.4, -0.2) is 65.1 Å². The molecule has 3 aliphatic heterocycles. The zero-order valence-electron chi connectivity index (χ0n) is 30.9. The molecule has 6 rings (SSSR count). The third-order valence-corrected chi connectivity index (χ3v) is 9.81. The highest BCUT2D eigenvalue weighted by molar-refractivity contribution is 5.94. The summed E-state index contributed by atoms with van der Waals surface area (Å²) in [5.74, 6) is 0.976. The van der Waals surface area contributed by atoms with Crippen molar-refractivity contribution in [3.63, 3.8) is 0 Å². The van der Waals surface area contributed by atoms with Gasteiger partial charge in [0.1, 0.15) is 5.75 Å². The molecular formula is C42H52N2O7. The van der Waals surface area contributed by atoms with E-state index in [4.69, 9.17) is 23.9 Å². The molecule has 1 saturated heterocycles. The summed E-state index contributed by atoms with van der Waals surface area (Å²) >= 11 is 0. The minimum Gasteiger partial charge on any atom is -0.493 e. The maximum Gasteiger partial charge on any atom is 0.407 e. The van der Waals surface area contributed by atoms with E-state index in [2.05, 4.69) is 36.4 Å². The molecule has 0 radical (unpaired) electrons. The van der Waals surface area contributed by atoms with Gasteiger partial charge in [-0.15, -0.1) is 0 Å². The minimum absolute atomic E-state index is 0.334. The van der Waals surface area contributed by atoms with Crippen LogP contribution in [0.4, 0.5) is 4.79 Å². The van der Waals surface area contributed by atoms with Crippen LogP contribution < -0.4 is 4.74 Å². The Morgan fingerprint density at radius 2 is 1.73 bits per heavy atom. The van der Waals surface area contributed by atoms with E-state index in [1.165, 1.54) is 4.90 Å². The van der Waals surface area contributed by atoms with E-state index >= 15 is 0 Å². The zero-order valence-corrected chi connectivity index (χ0v) is 30.9. The molecule has 1 unspecified atom stereocenters. The summed E-state index contributed by atoms with van der Waals surface area (Å²) in [7, 11) is 0. The lowest BCUT2D eigenvalue weighted by molar-refractivity contribution is -0.171. The molecule has 0 spiro atoms. The number of allylic oxidation sites excluding steroid dienone is 1. The van der Waals surface area contributed by atoms with Crippen molar-refractivity contribution in [3.05, 3.63) is 76.1 Å². The molecule has 51 heavy (non-hydrogen) atoms. The summed E-state index contributed by atoms with van der Waals surface area (Å²) in [6.45, 7) is 14.5. The van der Waals surface area contributed by atoms with Crippen molar-refractivity contribution in [1.29, 1.82) is 0 Å². The Labute approximate surface area is 302 Å². The molecule has 4 heterocycles. The molecule has 2 aromatic carbocycles. The maximum absolute atomic E-state index is 14.1. The lowest BCUT2D eigenvalue weighted by atomic mass is 9.84. The smallest absolute Gasteiger partial charge is 0.407 e. The topological polar surface area (TPSA) is 107 Å². The van der Waals surface area contributed by atoms with E-state index < -0.39 is 23.8 Å². The Morgan fingerprint density at radius 1 is 1.00 bits per heavy atom. The van der Waals surface area contributed by atoms with Crippen molar-refractivity contribution in [2.24, 2.45) is 5.92 Å². The number of carbonyl (C=O) groups excluding carboxylic acids is 1. The molecule has 1 amide bonds. The summed E-state index contributed by atoms with van der Waals surface area (Å²) in [6, 6.07) is 12.6. The summed E-state index contributed by atoms with van der Waals surface area (Å²) < 4.78 is 24.1. The number of amides is 1. The van der Waals surface area contributed by atoms with Crippen LogP contribution in [0.15, 0.2) is 42.5 Å². The lowest BCUT2D eigenvalue weighted by Gasteiger charge is -2.31. The number of ether oxygens (including phenoxy) is 4. The van der Waals surface area contributed by atoms with Crippen molar-refractivity contribution < 1.29 is 33.6 Å². The largest absolute Gasteiger partial charge is 0.493 e. The number of rotatable bonds is 9. The molecule has 1 aromatic heterocycles. The van der Waals surface area contributed by atoms with E-state index in [1.807, 2.05) is 53.7 Å². The number of pyridine rings is 1. The van der Waals surface area contributed by atoms with E-state index in [9.17, 15) is 14.7 Å². The highest BCUT2D eigenvalue weighted by Crippen LogP contribution is 2.45. The molecule has 9 heteroatoms. The van der Waals surface area contributed by atoms with Crippen LogP contribution in [0, 0.1) is 12.8 Å². The van der Waals surface area contributed by atoms with Crippen LogP contribution in [0.5, 0.6) is 5.75 Å². The summed E-state index contributed by atoms with van der Waals surface area (Å²) in [5, 5.41) is 9.69. The first-order valence-corrected chi connectivity index (χ1v) is 18.4. The number of aryl methyl sites for hydroxylation is 2. The quantitative estimate of drug-likeness (QED) is 0.222. The van der Waals surface area contributed by atoms with Crippen LogP contribution in [0.25, 0.3) is 28.3 Å². The fourth-order valence-corrected chi connectivity index (χ4v) is 7.39. The fourth-order valence-electron chi connectivity index (χ4n) is 7.39. The van der Waals surface area contributed by atoms with Gasteiger partial charge in [0.2, 0.25) is 0 Å². The van der Waals surface area contributed by atoms with Gasteiger partial charge in [0.05, 0.1) is 24.0 Å². The monoisotopic (exact) mass is 696 g/mol. The van der Waals surface area contributed by atoms with Gasteiger partial charge in [-0.2, -0.15) is 0 Å². The molecule has 0 bridgehead atoms. The number of hydrogen-bond donors (Lipinski definition) is 1. The zero-order chi connectivity index (χ0) is 36.3. The number of carbonyl (C=O) groups is 2. The number of esters is 1. The number of fused-ring (bicyclic) bond motifs is 2. The van der Waals surface area contributed by atoms with Crippen molar-refractivity contribution in [1.82, 2.24) is 9.88 Å². The lowest BCUT2D eigenvalue weighted by Crippen LogP contribution is -2.34. The fraction of sp³-hybridized carbons (Fsp3) is 0.500. The summed E-state index contributed by atoms with van der Waals surface area (Å²) in [4.78, 5) is 32.6. The van der Waals surface area contributed by atoms with Crippen LogP contribution in [0.3, 0.4) is 0 Å². The van der Waals surface area contributed by atoms with Crippen LogP contribution in [0.2, 0.25) is 0 Å². The van der Waals surface area contributed by atoms with Crippen molar-refractivity contribution >= 4 is 18.1 Å². The highest BCUT2D eigenvalue weighted by atomic mass is 16.6. The van der Waals surface area contributed by atoms with Crippen LogP contribution in [0.1, 0.15) is 100 Å². The average molecular weight is 697 g/mol. The molecule has 1 fully saturated rings. The van der Waals surface area contributed by atoms with Crippen molar-refractivity contribution in [3.8, 4) is 28.0 Å². The molecular weight excluding hydrogens is 644 g/mol. The third kappa shape index (κ3) is 8.64. The Balaban J connectivity index is 1.61. The van der Waals surface area contributed by atoms with Gasteiger partial charge in [0.25, 0.3) is 0 Å². The third-order valence-electron chi connectivity index (χ3n) is 9.81. The predicted octanol–water partition coefficient (Wildman–Crippen LogP) is 8.72. The first kappa shape index (κ1) is 36.6. The van der Waals surface area contributed by atoms with Gasteiger partial charge in [-0.3, -0.25) is 4.98 Å². The number of carboxylic acid groups (broad SMARTS) is 1. The first-order chi connectivity index (χ1) is 24.4. The molecule has 9 nitrogen and oxygen atoms in total. The predicted molar refractivity (Wildman–Crippen MR) is 198 cm³/mol. The van der Waals surface area contributed by atoms with E-state index in [-0.39, 0.29) is 6.10 Å². The molecule has 272 valence electrons. The SMILES string of the molecule is Cc1nc(C=CCC2CCOCC2)c(-c2ccc3c(c2)CCN(C(=O)O)C3)c(-c2ccc3c(c2)CCCO3)c1C(OC(C)(C)C)C(=O)OC(C)C. The van der Waals surface area contributed by atoms with E-state index in [0.29, 0.717) is 43.3 Å². The van der Waals surface area contributed by atoms with Gasteiger partial charge in [-0.05, 0) is 138 Å². The Morgan fingerprint density at radius 3 is 2.45 bits per heavy atom. The number of nitrogens with zero attached hydrogens (tertiary/aromatic N) is 2. The second-order valence-corrected chi connectivity index (χ2v) is 15.2. The molecule has 3 aliphatic rings. The molecule has 1 atom stereocenters. The minimum atomic E-state index is -1.04. The Bertz CT molecular complexity index is 1780. The first-order valence-electron chi connectivity index (χ1n) is 18.4. The normalized spacial score (nSPS) is 17.2. The van der Waals surface area contributed by atoms with Gasteiger partial charge in [0, 0.05) is 43.1 Å². The van der Waals surface area contributed by atoms with Gasteiger partial charge in [-0.1, -0.05) is 30.3 Å². The standard InChI is InChI=1S/C42H52N2O7/c1-26(2)50-40(45)39(51-42(4,5)6)36-27(3)43-34(11-7-9-28-17-21-48-22-18-28)37(38(36)32-14-15-35-30(24-32)10-8-20-49-35)31-12-13-33-25-44(41(46)47)19-16-29(33)23-31/h7,11-15,23-24,26,28,39H,8-10,16-22,25H2,1-6H3,(H,46,47). The number of aromatic nitrogens is 1. The maximum atomic E-state index is 14.1. The second-order valence-electron chi connectivity index (χ2n) is 15.2. The summed E-state index contributed by atoms with van der Waals surface area (Å²) in [5.41, 5.74) is 8.41.